The van der Waals surface area contributed by atoms with Gasteiger partial charge in [0, 0.05) is 9.13 Å². The maximum atomic E-state index is 11.1. The van der Waals surface area contributed by atoms with Crippen LogP contribution in [0.25, 0.3) is 0 Å². The van der Waals surface area contributed by atoms with Crippen molar-refractivity contribution in [1.29, 1.82) is 0 Å². The predicted molar refractivity (Wildman–Crippen MR) is 113 cm³/mol. The van der Waals surface area contributed by atoms with E-state index in [1.54, 1.807) is 0 Å². The van der Waals surface area contributed by atoms with Gasteiger partial charge in [0.05, 0.1) is 0 Å². The van der Waals surface area contributed by atoms with Gasteiger partial charge in [0.25, 0.3) is 0 Å². The summed E-state index contributed by atoms with van der Waals surface area (Å²) in [6, 6.07) is 0. The first-order valence-electron chi connectivity index (χ1n) is 9.25. The lowest BCUT2D eigenvalue weighted by Crippen LogP contribution is -1.85. The van der Waals surface area contributed by atoms with Gasteiger partial charge in [-0.25, -0.2) is 0 Å². The highest BCUT2D eigenvalue weighted by atomic mass is 31.2. The number of rotatable bonds is 14. The van der Waals surface area contributed by atoms with Gasteiger partial charge >= 0.3 is 16.5 Å². The second-order valence-corrected chi connectivity index (χ2v) is 8.72. The van der Waals surface area contributed by atoms with Crippen LogP contribution in [-0.4, -0.2) is 11.5 Å². The Labute approximate surface area is 166 Å². The van der Waals surface area contributed by atoms with E-state index in [-0.39, 0.29) is 6.61 Å². The normalized spacial score (nSPS) is 14.2. The standard InChI is InChI=1S/C20H33O5P2/c1-17(2)9-6-10-18(3)11-7-12-19(4)13-8-14-20(5)15-16-24-27(23)25-26(21)22/h9,11,13,15H,6-8,10,12,14,16H2,1-5H3/q+1/p+1/b18-11+,19-13+,20-15+. The van der Waals surface area contributed by atoms with Crippen LogP contribution in [-0.2, 0) is 18.0 Å². The Morgan fingerprint density at radius 3 is 1.67 bits per heavy atom. The molecule has 0 saturated carbocycles. The third-order valence-corrected chi connectivity index (χ3v) is 5.35. The van der Waals surface area contributed by atoms with Crippen LogP contribution in [0.4, 0.5) is 0 Å². The first kappa shape index (κ1) is 26.0. The van der Waals surface area contributed by atoms with Crippen LogP contribution in [0, 0.1) is 0 Å². The van der Waals surface area contributed by atoms with Crippen molar-refractivity contribution in [2.24, 2.45) is 0 Å². The Bertz CT molecular complexity index is 599. The van der Waals surface area contributed by atoms with Crippen molar-refractivity contribution in [3.63, 3.8) is 0 Å². The number of allylic oxidation sites excluding steroid dienone is 7. The lowest BCUT2D eigenvalue weighted by atomic mass is 10.0. The van der Waals surface area contributed by atoms with Gasteiger partial charge in [0.1, 0.15) is 6.61 Å². The number of hydrogen-bond acceptors (Lipinski definition) is 4. The fourth-order valence-electron chi connectivity index (χ4n) is 2.31. The summed E-state index contributed by atoms with van der Waals surface area (Å²) < 4.78 is 30.4. The van der Waals surface area contributed by atoms with Crippen LogP contribution in [0.2, 0.25) is 0 Å². The van der Waals surface area contributed by atoms with Crippen molar-refractivity contribution in [1.82, 2.24) is 0 Å². The molecule has 0 aromatic carbocycles. The third-order valence-electron chi connectivity index (χ3n) is 3.90. The first-order valence-corrected chi connectivity index (χ1v) is 11.5. The summed E-state index contributed by atoms with van der Waals surface area (Å²) in [7, 11) is -5.44. The molecule has 0 radical (unpaired) electrons. The molecule has 2 atom stereocenters. The first-order chi connectivity index (χ1) is 12.7. The second kappa shape index (κ2) is 16.0. The third kappa shape index (κ3) is 18.2. The molecule has 0 saturated heterocycles. The van der Waals surface area contributed by atoms with E-state index in [2.05, 4.69) is 50.2 Å². The van der Waals surface area contributed by atoms with Crippen LogP contribution >= 0.6 is 16.5 Å². The molecule has 0 fully saturated rings. The van der Waals surface area contributed by atoms with Gasteiger partial charge in [0.15, 0.2) is 4.31 Å². The quantitative estimate of drug-likeness (QED) is 0.235. The second-order valence-electron chi connectivity index (χ2n) is 6.89. The summed E-state index contributed by atoms with van der Waals surface area (Å²) in [6.07, 6.45) is 14.9. The maximum Gasteiger partial charge on any atom is 0.748 e. The van der Waals surface area contributed by atoms with E-state index in [9.17, 15) is 9.13 Å². The average Bonchev–Trinajstić information content (AvgIpc) is 2.53. The SMILES string of the molecule is CC(C)=CCC/C(C)=C/CC/C(C)=C/CC/C(C)=C/CO[P+](=O)O[P+](=O)O. The molecule has 5 nitrogen and oxygen atoms in total. The van der Waals surface area contributed by atoms with E-state index in [0.717, 1.165) is 44.1 Å². The van der Waals surface area contributed by atoms with Gasteiger partial charge < -0.3 is 0 Å². The van der Waals surface area contributed by atoms with Crippen LogP contribution in [0.3, 0.4) is 0 Å². The van der Waals surface area contributed by atoms with Crippen molar-refractivity contribution in [3.8, 4) is 0 Å². The summed E-state index contributed by atoms with van der Waals surface area (Å²) in [5, 5.41) is 0. The van der Waals surface area contributed by atoms with Crippen LogP contribution in [0.5, 0.6) is 0 Å². The topological polar surface area (TPSA) is 72.8 Å². The smallest absolute Gasteiger partial charge is 0.131 e. The number of hydrogen-bond donors (Lipinski definition) is 1. The average molecular weight is 416 g/mol. The van der Waals surface area contributed by atoms with Crippen LogP contribution in [0.15, 0.2) is 46.6 Å². The van der Waals surface area contributed by atoms with Crippen molar-refractivity contribution in [2.75, 3.05) is 6.61 Å². The maximum absolute atomic E-state index is 11.1. The van der Waals surface area contributed by atoms with Crippen molar-refractivity contribution in [3.05, 3.63) is 46.6 Å². The lowest BCUT2D eigenvalue weighted by Gasteiger charge is -2.02. The highest BCUT2D eigenvalue weighted by molar-refractivity contribution is 7.47. The Balaban J connectivity index is 4.03. The lowest BCUT2D eigenvalue weighted by molar-refractivity contribution is 0.306. The van der Waals surface area contributed by atoms with E-state index >= 15 is 0 Å². The van der Waals surface area contributed by atoms with Gasteiger partial charge in [-0.1, -0.05) is 46.6 Å². The van der Waals surface area contributed by atoms with Gasteiger partial charge in [0.2, 0.25) is 0 Å². The molecular formula is C20H34O5P2+2. The molecular weight excluding hydrogens is 382 g/mol. The van der Waals surface area contributed by atoms with Gasteiger partial charge in [-0.05, 0) is 73.1 Å². The van der Waals surface area contributed by atoms with Gasteiger partial charge in [-0.15, -0.1) is 9.42 Å². The van der Waals surface area contributed by atoms with Gasteiger partial charge in [-0.2, -0.15) is 0 Å². The molecule has 0 bridgehead atoms. The fraction of sp³-hybridized carbons (Fsp3) is 0.600. The van der Waals surface area contributed by atoms with E-state index in [1.165, 1.54) is 16.7 Å². The van der Waals surface area contributed by atoms with E-state index in [0.29, 0.717) is 0 Å². The van der Waals surface area contributed by atoms with Gasteiger partial charge in [-0.3, -0.25) is 0 Å². The summed E-state index contributed by atoms with van der Waals surface area (Å²) >= 11 is 0. The Morgan fingerprint density at radius 1 is 0.778 bits per heavy atom. The van der Waals surface area contributed by atoms with Crippen molar-refractivity contribution in [2.45, 2.75) is 73.1 Å². The summed E-state index contributed by atoms with van der Waals surface area (Å²) in [6.45, 7) is 10.7. The zero-order chi connectivity index (χ0) is 20.7. The molecule has 0 heterocycles. The molecule has 0 aliphatic carbocycles. The van der Waals surface area contributed by atoms with Crippen molar-refractivity contribution < 1.29 is 22.9 Å². The Kier molecular flexibility index (Phi) is 15.5. The predicted octanol–water partition coefficient (Wildman–Crippen LogP) is 7.47. The molecule has 27 heavy (non-hydrogen) atoms. The highest BCUT2D eigenvalue weighted by Gasteiger charge is 2.36. The molecule has 0 rings (SSSR count). The summed E-state index contributed by atoms with van der Waals surface area (Å²) in [5.41, 5.74) is 5.33. The molecule has 0 spiro atoms. The Morgan fingerprint density at radius 2 is 1.22 bits per heavy atom. The summed E-state index contributed by atoms with van der Waals surface area (Å²) in [4.78, 5) is 8.44. The summed E-state index contributed by atoms with van der Waals surface area (Å²) in [5.74, 6) is 0. The minimum atomic E-state index is -2.90. The molecule has 0 aromatic rings. The highest BCUT2D eigenvalue weighted by Crippen LogP contribution is 2.35. The Hall–Kier alpha value is -0.960. The zero-order valence-corrected chi connectivity index (χ0v) is 19.0. The minimum Gasteiger partial charge on any atom is -0.131 e. The molecule has 0 amide bonds. The zero-order valence-electron chi connectivity index (χ0n) is 17.2. The van der Waals surface area contributed by atoms with Crippen LogP contribution < -0.4 is 0 Å². The van der Waals surface area contributed by atoms with E-state index in [4.69, 9.17) is 9.42 Å². The largest absolute Gasteiger partial charge is 0.748 e. The molecule has 0 aromatic heterocycles. The molecule has 7 heteroatoms. The van der Waals surface area contributed by atoms with E-state index in [1.807, 2.05) is 13.0 Å². The molecule has 2 unspecified atom stereocenters. The fourth-order valence-corrected chi connectivity index (χ4v) is 3.15. The van der Waals surface area contributed by atoms with Crippen molar-refractivity contribution >= 4 is 16.5 Å². The molecule has 1 N–H and O–H groups in total. The molecule has 152 valence electrons. The van der Waals surface area contributed by atoms with Crippen LogP contribution in [0.1, 0.15) is 73.1 Å². The molecule has 0 aliphatic rings. The monoisotopic (exact) mass is 416 g/mol. The molecule has 0 aliphatic heterocycles. The van der Waals surface area contributed by atoms with E-state index < -0.39 is 16.5 Å². The minimum absolute atomic E-state index is 0.101.